The number of fused-ring (bicyclic) bond motifs is 7. The van der Waals surface area contributed by atoms with Crippen molar-refractivity contribution in [3.05, 3.63) is 234 Å². The van der Waals surface area contributed by atoms with Crippen molar-refractivity contribution in [2.45, 2.75) is 12.2 Å². The van der Waals surface area contributed by atoms with Crippen LogP contribution < -0.4 is 10.6 Å². The van der Waals surface area contributed by atoms with Crippen molar-refractivity contribution in [3.63, 3.8) is 0 Å². The maximum atomic E-state index is 6.64. The van der Waals surface area contributed by atoms with Gasteiger partial charge in [-0.3, -0.25) is 0 Å². The van der Waals surface area contributed by atoms with E-state index in [4.69, 9.17) is 14.4 Å². The summed E-state index contributed by atoms with van der Waals surface area (Å²) in [5, 5.41) is 12.0. The molecule has 0 fully saturated rings. The monoisotopic (exact) mass is 782 g/mol. The molecule has 0 saturated carbocycles. The van der Waals surface area contributed by atoms with Crippen LogP contribution in [0.3, 0.4) is 0 Å². The molecule has 0 amide bonds. The number of para-hydroxylation sites is 2. The summed E-state index contributed by atoms with van der Waals surface area (Å²) in [6, 6.07) is 72.8. The predicted octanol–water partition coefficient (Wildman–Crippen LogP) is 13.8. The normalized spacial score (nSPS) is 15.7. The average Bonchev–Trinajstić information content (AvgIpc) is 3.71. The molecule has 9 aromatic carbocycles. The van der Waals surface area contributed by atoms with Crippen LogP contribution in [0.4, 0.5) is 5.69 Å². The summed E-state index contributed by atoms with van der Waals surface area (Å²) in [4.78, 5) is 10.4. The topological polar surface area (TPSA) is 61.9 Å². The number of furan rings is 1. The molecule has 0 saturated heterocycles. The van der Waals surface area contributed by atoms with E-state index in [0.717, 1.165) is 78.1 Å². The number of nitrogens with zero attached hydrogens (tertiary/aromatic N) is 2. The van der Waals surface area contributed by atoms with E-state index in [9.17, 15) is 0 Å². The summed E-state index contributed by atoms with van der Waals surface area (Å²) < 4.78 is 6.64. The lowest BCUT2D eigenvalue weighted by Gasteiger charge is -2.32. The van der Waals surface area contributed by atoms with E-state index in [1.807, 2.05) is 24.3 Å². The van der Waals surface area contributed by atoms with Crippen molar-refractivity contribution >= 4 is 50.1 Å². The van der Waals surface area contributed by atoms with E-state index in [2.05, 4.69) is 193 Å². The van der Waals surface area contributed by atoms with Crippen LogP contribution in [0, 0.1) is 0 Å². The van der Waals surface area contributed by atoms with Crippen LogP contribution in [0.2, 0.25) is 0 Å². The van der Waals surface area contributed by atoms with E-state index < -0.39 is 6.17 Å². The van der Waals surface area contributed by atoms with Crippen molar-refractivity contribution in [2.24, 2.45) is 9.98 Å². The molecule has 2 atom stereocenters. The number of anilines is 1. The lowest BCUT2D eigenvalue weighted by atomic mass is 9.80. The zero-order valence-electron chi connectivity index (χ0n) is 33.1. The van der Waals surface area contributed by atoms with Crippen molar-refractivity contribution in [1.82, 2.24) is 5.32 Å². The van der Waals surface area contributed by atoms with Gasteiger partial charge in [0.05, 0.1) is 6.04 Å². The van der Waals surface area contributed by atoms with Gasteiger partial charge in [-0.2, -0.15) is 0 Å². The van der Waals surface area contributed by atoms with Gasteiger partial charge >= 0.3 is 0 Å². The third-order valence-electron chi connectivity index (χ3n) is 12.2. The number of nitrogens with one attached hydrogen (secondary N) is 2. The summed E-state index contributed by atoms with van der Waals surface area (Å²) in [7, 11) is 0. The molecule has 10 aromatic rings. The van der Waals surface area contributed by atoms with Gasteiger partial charge in [-0.1, -0.05) is 188 Å². The Labute approximate surface area is 353 Å². The van der Waals surface area contributed by atoms with Crippen molar-refractivity contribution in [1.29, 1.82) is 0 Å². The molecule has 0 bridgehead atoms. The van der Waals surface area contributed by atoms with Gasteiger partial charge in [-0.05, 0) is 67.9 Å². The Kier molecular flexibility index (Phi) is 8.23. The number of benzene rings is 9. The fourth-order valence-corrected chi connectivity index (χ4v) is 9.27. The summed E-state index contributed by atoms with van der Waals surface area (Å²) in [6.07, 6.45) is -0.407. The molecule has 61 heavy (non-hydrogen) atoms. The summed E-state index contributed by atoms with van der Waals surface area (Å²) in [5.41, 5.74) is 15.4. The second kappa shape index (κ2) is 14.4. The molecule has 12 rings (SSSR count). The van der Waals surface area contributed by atoms with E-state index in [1.54, 1.807) is 0 Å². The molecule has 2 aliphatic heterocycles. The maximum absolute atomic E-state index is 6.64. The molecule has 0 radical (unpaired) electrons. The standard InChI is InChI=1S/C56H38N4O/c1-3-15-39(16-4-1)53-46-34-49-52(45-22-10-12-25-48(45)61-49)50(51(46)44-21-9-11-24-47(44)57-53)38-30-26-35(27-31-38)36-28-32-41(33-29-36)55-58-54(40-17-5-2-6-18-40)59-56(60-55)43-23-13-19-37-14-7-8-20-42(37)43/h1-34,53,55,57H,(H,58,59,60). The van der Waals surface area contributed by atoms with Crippen LogP contribution >= 0.6 is 0 Å². The van der Waals surface area contributed by atoms with Gasteiger partial charge in [-0.25, -0.2) is 9.98 Å². The quantitative estimate of drug-likeness (QED) is 0.177. The molecule has 0 spiro atoms. The number of hydrogen-bond acceptors (Lipinski definition) is 5. The van der Waals surface area contributed by atoms with Gasteiger partial charge in [0, 0.05) is 38.7 Å². The highest BCUT2D eigenvalue weighted by molar-refractivity contribution is 6.20. The minimum atomic E-state index is -0.407. The molecule has 2 N–H and O–H groups in total. The molecule has 288 valence electrons. The second-order valence-electron chi connectivity index (χ2n) is 15.8. The number of aliphatic imine (C=N–C) groups is 2. The maximum Gasteiger partial charge on any atom is 0.169 e. The molecular formula is C56H38N4O. The second-order valence-corrected chi connectivity index (χ2v) is 15.8. The van der Waals surface area contributed by atoms with Gasteiger partial charge in [-0.15, -0.1) is 0 Å². The molecule has 5 heteroatoms. The molecule has 0 aliphatic carbocycles. The third-order valence-corrected chi connectivity index (χ3v) is 12.2. The number of amidine groups is 2. The van der Waals surface area contributed by atoms with E-state index >= 15 is 0 Å². The Morgan fingerprint density at radius 2 is 1.05 bits per heavy atom. The Morgan fingerprint density at radius 3 is 1.87 bits per heavy atom. The zero-order valence-corrected chi connectivity index (χ0v) is 33.1. The molecule has 3 heterocycles. The molecule has 2 unspecified atom stereocenters. The minimum Gasteiger partial charge on any atom is -0.456 e. The zero-order chi connectivity index (χ0) is 40.3. The first-order valence-electron chi connectivity index (χ1n) is 20.8. The highest BCUT2D eigenvalue weighted by Crippen LogP contribution is 2.52. The van der Waals surface area contributed by atoms with E-state index in [0.29, 0.717) is 0 Å². The number of hydrogen-bond donors (Lipinski definition) is 2. The average molecular weight is 783 g/mol. The Bertz CT molecular complexity index is 3340. The lowest BCUT2D eigenvalue weighted by Crippen LogP contribution is -2.36. The Balaban J connectivity index is 0.948. The van der Waals surface area contributed by atoms with Gasteiger partial charge < -0.3 is 15.1 Å². The SMILES string of the molecule is c1ccc(C2=NC(c3ccc(-c4ccc(-c5c6c(cc7oc8ccccc8c57)C(c5ccccc5)Nc5ccccc5-6)cc4)cc3)N=C(c3cccc4ccccc34)N2)cc1. The van der Waals surface area contributed by atoms with E-state index in [-0.39, 0.29) is 6.04 Å². The summed E-state index contributed by atoms with van der Waals surface area (Å²) in [5.74, 6) is 1.62. The number of rotatable bonds is 6. The van der Waals surface area contributed by atoms with Crippen molar-refractivity contribution in [2.75, 3.05) is 5.32 Å². The smallest absolute Gasteiger partial charge is 0.169 e. The fourth-order valence-electron chi connectivity index (χ4n) is 9.27. The molecular weight excluding hydrogens is 745 g/mol. The van der Waals surface area contributed by atoms with Crippen LogP contribution in [-0.2, 0) is 0 Å². The highest BCUT2D eigenvalue weighted by atomic mass is 16.3. The predicted molar refractivity (Wildman–Crippen MR) is 251 cm³/mol. The Morgan fingerprint density at radius 1 is 0.426 bits per heavy atom. The van der Waals surface area contributed by atoms with E-state index in [1.165, 1.54) is 33.2 Å². The first-order chi connectivity index (χ1) is 30.2. The first-order valence-corrected chi connectivity index (χ1v) is 20.8. The minimum absolute atomic E-state index is 0.0410. The van der Waals surface area contributed by atoms with Crippen LogP contribution in [0.5, 0.6) is 0 Å². The van der Waals surface area contributed by atoms with Crippen LogP contribution in [-0.4, -0.2) is 11.7 Å². The molecule has 2 aliphatic rings. The van der Waals surface area contributed by atoms with Crippen LogP contribution in [0.15, 0.2) is 221 Å². The molecule has 1 aromatic heterocycles. The Hall–Kier alpha value is -8.02. The molecule has 5 nitrogen and oxygen atoms in total. The lowest BCUT2D eigenvalue weighted by molar-refractivity contribution is 0.668. The summed E-state index contributed by atoms with van der Waals surface area (Å²) in [6.45, 7) is 0. The van der Waals surface area contributed by atoms with Crippen molar-refractivity contribution in [3.8, 4) is 33.4 Å². The fraction of sp³-hybridized carbons (Fsp3) is 0.0357. The largest absolute Gasteiger partial charge is 0.456 e. The third kappa shape index (κ3) is 6.01. The first kappa shape index (κ1) is 35.0. The van der Waals surface area contributed by atoms with Gasteiger partial charge in [0.15, 0.2) is 6.17 Å². The summed E-state index contributed by atoms with van der Waals surface area (Å²) >= 11 is 0. The van der Waals surface area contributed by atoms with Gasteiger partial charge in [0.2, 0.25) is 0 Å². The van der Waals surface area contributed by atoms with Gasteiger partial charge in [0.25, 0.3) is 0 Å². The van der Waals surface area contributed by atoms with Crippen molar-refractivity contribution < 1.29 is 4.42 Å². The van der Waals surface area contributed by atoms with Gasteiger partial charge in [0.1, 0.15) is 22.8 Å². The highest BCUT2D eigenvalue weighted by Gasteiger charge is 2.31. The van der Waals surface area contributed by atoms with Crippen LogP contribution in [0.1, 0.15) is 40.0 Å². The van der Waals surface area contributed by atoms with Crippen LogP contribution in [0.25, 0.3) is 66.1 Å².